The number of carbonyl (C=O) groups excluding carboxylic acids is 2. The summed E-state index contributed by atoms with van der Waals surface area (Å²) in [5.41, 5.74) is 1.81. The lowest BCUT2D eigenvalue weighted by atomic mass is 10.1. The lowest BCUT2D eigenvalue weighted by Gasteiger charge is -2.33. The first-order valence-electron chi connectivity index (χ1n) is 11.6. The molecule has 0 spiro atoms. The van der Waals surface area contributed by atoms with Gasteiger partial charge in [-0.15, -0.1) is 0 Å². The summed E-state index contributed by atoms with van der Waals surface area (Å²) in [6, 6.07) is 19.5. The highest BCUT2D eigenvalue weighted by molar-refractivity contribution is 7.92. The van der Waals surface area contributed by atoms with Crippen LogP contribution in [0.15, 0.2) is 83.8 Å². The molecular weight excluding hydrogens is 481 g/mol. The number of hydrogen-bond donors (Lipinski definition) is 1. The fourth-order valence-electron chi connectivity index (χ4n) is 3.84. The van der Waals surface area contributed by atoms with E-state index >= 15 is 0 Å². The molecule has 0 saturated carbocycles. The molecule has 3 aromatic rings. The maximum Gasteiger partial charge on any atom is 0.264 e. The van der Waals surface area contributed by atoms with E-state index in [2.05, 4.69) is 5.32 Å². The number of nitrogens with one attached hydrogen (secondary N) is 1. The molecule has 1 N–H and O–H groups in total. The van der Waals surface area contributed by atoms with Crippen LogP contribution in [0, 0.1) is 12.7 Å². The Hall–Kier alpha value is -3.72. The van der Waals surface area contributed by atoms with Gasteiger partial charge in [-0.2, -0.15) is 0 Å². The Bertz CT molecular complexity index is 1280. The number of carbonyl (C=O) groups is 2. The summed E-state index contributed by atoms with van der Waals surface area (Å²) in [6.45, 7) is 3.17. The second kappa shape index (κ2) is 11.8. The van der Waals surface area contributed by atoms with Crippen LogP contribution < -0.4 is 9.62 Å². The van der Waals surface area contributed by atoms with Gasteiger partial charge in [-0.3, -0.25) is 13.9 Å². The van der Waals surface area contributed by atoms with E-state index in [-0.39, 0.29) is 23.0 Å². The minimum absolute atomic E-state index is 0.00169. The molecule has 3 aromatic carbocycles. The molecule has 36 heavy (non-hydrogen) atoms. The zero-order valence-corrected chi connectivity index (χ0v) is 21.3. The first-order chi connectivity index (χ1) is 17.2. The predicted octanol–water partition coefficient (Wildman–Crippen LogP) is 3.88. The van der Waals surface area contributed by atoms with Gasteiger partial charge in [-0.05, 0) is 55.3 Å². The van der Waals surface area contributed by atoms with E-state index < -0.39 is 34.3 Å². The van der Waals surface area contributed by atoms with Crippen molar-refractivity contribution >= 4 is 27.5 Å². The Morgan fingerprint density at radius 2 is 1.56 bits per heavy atom. The molecule has 0 unspecified atom stereocenters. The fraction of sp³-hybridized carbons (Fsp3) is 0.259. The topological polar surface area (TPSA) is 86.8 Å². The highest BCUT2D eigenvalue weighted by Crippen LogP contribution is 2.25. The molecule has 2 amide bonds. The van der Waals surface area contributed by atoms with Crippen LogP contribution >= 0.6 is 0 Å². The third kappa shape index (κ3) is 6.28. The van der Waals surface area contributed by atoms with Crippen molar-refractivity contribution in [1.82, 2.24) is 10.2 Å². The minimum atomic E-state index is -4.18. The van der Waals surface area contributed by atoms with Gasteiger partial charge < -0.3 is 10.2 Å². The van der Waals surface area contributed by atoms with Crippen LogP contribution in [0.3, 0.4) is 0 Å². The highest BCUT2D eigenvalue weighted by atomic mass is 32.2. The molecule has 9 heteroatoms. The molecule has 0 aliphatic rings. The maximum atomic E-state index is 13.7. The fourth-order valence-corrected chi connectivity index (χ4v) is 5.25. The van der Waals surface area contributed by atoms with Gasteiger partial charge in [0.15, 0.2) is 0 Å². The third-order valence-corrected chi connectivity index (χ3v) is 7.62. The molecule has 0 aliphatic carbocycles. The third-order valence-electron chi connectivity index (χ3n) is 5.83. The number of nitrogens with zero attached hydrogens (tertiary/aromatic N) is 2. The van der Waals surface area contributed by atoms with E-state index in [0.717, 1.165) is 27.6 Å². The van der Waals surface area contributed by atoms with Crippen molar-refractivity contribution in [1.29, 1.82) is 0 Å². The molecule has 0 fully saturated rings. The van der Waals surface area contributed by atoms with Crippen molar-refractivity contribution < 1.29 is 22.4 Å². The van der Waals surface area contributed by atoms with Crippen LogP contribution in [-0.4, -0.2) is 44.8 Å². The average molecular weight is 512 g/mol. The number of hydrogen-bond acceptors (Lipinski definition) is 4. The molecule has 3 rings (SSSR count). The molecule has 0 bridgehead atoms. The number of halogens is 1. The van der Waals surface area contributed by atoms with E-state index in [1.54, 1.807) is 19.1 Å². The van der Waals surface area contributed by atoms with Gasteiger partial charge in [-0.25, -0.2) is 12.8 Å². The van der Waals surface area contributed by atoms with Gasteiger partial charge in [0.2, 0.25) is 11.8 Å². The largest absolute Gasteiger partial charge is 0.357 e. The lowest BCUT2D eigenvalue weighted by Crippen LogP contribution is -2.51. The molecule has 0 aliphatic heterocycles. The zero-order valence-electron chi connectivity index (χ0n) is 20.5. The smallest absolute Gasteiger partial charge is 0.264 e. The van der Waals surface area contributed by atoms with Gasteiger partial charge in [0.1, 0.15) is 18.4 Å². The predicted molar refractivity (Wildman–Crippen MR) is 137 cm³/mol. The average Bonchev–Trinajstić information content (AvgIpc) is 2.88. The summed E-state index contributed by atoms with van der Waals surface area (Å²) in [5, 5.41) is 2.58. The van der Waals surface area contributed by atoms with Gasteiger partial charge in [-0.1, -0.05) is 55.0 Å². The monoisotopic (exact) mass is 511 g/mol. The maximum absolute atomic E-state index is 13.7. The summed E-state index contributed by atoms with van der Waals surface area (Å²) >= 11 is 0. The number of likely N-dealkylation sites (N-methyl/N-ethyl adjacent to an activating group) is 1. The number of sulfonamides is 1. The van der Waals surface area contributed by atoms with Gasteiger partial charge >= 0.3 is 0 Å². The molecule has 190 valence electrons. The first kappa shape index (κ1) is 26.9. The summed E-state index contributed by atoms with van der Waals surface area (Å²) in [4.78, 5) is 27.7. The van der Waals surface area contributed by atoms with Crippen LogP contribution in [0.2, 0.25) is 0 Å². The number of amides is 2. The Morgan fingerprint density at radius 1 is 0.944 bits per heavy atom. The molecule has 0 saturated heterocycles. The van der Waals surface area contributed by atoms with Gasteiger partial charge in [0.25, 0.3) is 10.0 Å². The van der Waals surface area contributed by atoms with Crippen molar-refractivity contribution in [3.8, 4) is 0 Å². The number of aryl methyl sites for hydroxylation is 1. The summed E-state index contributed by atoms with van der Waals surface area (Å²) in [7, 11) is -2.69. The number of benzene rings is 3. The molecule has 0 heterocycles. The molecule has 1 atom stereocenters. The first-order valence-corrected chi connectivity index (χ1v) is 13.0. The summed E-state index contributed by atoms with van der Waals surface area (Å²) in [5.74, 6) is -1.44. The SMILES string of the molecule is CC[C@H](C(=O)NC)N(Cc1ccccc1)C(=O)CN(c1ccc(F)cc1)S(=O)(=O)c1ccc(C)cc1. The second-order valence-corrected chi connectivity index (χ2v) is 10.2. The highest BCUT2D eigenvalue weighted by Gasteiger charge is 2.33. The van der Waals surface area contributed by atoms with Crippen LogP contribution in [0.4, 0.5) is 10.1 Å². The van der Waals surface area contributed by atoms with Crippen molar-refractivity contribution in [2.45, 2.75) is 37.8 Å². The Morgan fingerprint density at radius 3 is 2.11 bits per heavy atom. The van der Waals surface area contributed by atoms with E-state index in [9.17, 15) is 22.4 Å². The molecule has 7 nitrogen and oxygen atoms in total. The Balaban J connectivity index is 2.04. The summed E-state index contributed by atoms with van der Waals surface area (Å²) < 4.78 is 41.9. The molecule has 0 aromatic heterocycles. The van der Waals surface area contributed by atoms with Gasteiger partial charge in [0.05, 0.1) is 10.6 Å². The van der Waals surface area contributed by atoms with E-state index in [1.807, 2.05) is 37.3 Å². The quantitative estimate of drug-likeness (QED) is 0.448. The summed E-state index contributed by atoms with van der Waals surface area (Å²) in [6.07, 6.45) is 0.333. The van der Waals surface area contributed by atoms with E-state index in [4.69, 9.17) is 0 Å². The molecular formula is C27H30FN3O4S. The zero-order chi connectivity index (χ0) is 26.3. The Labute approximate surface area is 211 Å². The number of anilines is 1. The van der Waals surface area contributed by atoms with Crippen molar-refractivity contribution in [2.24, 2.45) is 0 Å². The van der Waals surface area contributed by atoms with Crippen LogP contribution in [-0.2, 0) is 26.2 Å². The minimum Gasteiger partial charge on any atom is -0.357 e. The van der Waals surface area contributed by atoms with Crippen molar-refractivity contribution in [3.05, 3.63) is 95.8 Å². The van der Waals surface area contributed by atoms with E-state index in [1.165, 1.54) is 36.2 Å². The van der Waals surface area contributed by atoms with Crippen LogP contribution in [0.25, 0.3) is 0 Å². The van der Waals surface area contributed by atoms with E-state index in [0.29, 0.717) is 6.42 Å². The van der Waals surface area contributed by atoms with Crippen molar-refractivity contribution in [2.75, 3.05) is 17.9 Å². The standard InChI is InChI=1S/C27H30FN3O4S/c1-4-25(27(33)29-3)30(18-21-8-6-5-7-9-21)26(32)19-31(23-14-12-22(28)13-15-23)36(34,35)24-16-10-20(2)11-17-24/h5-17,25H,4,18-19H2,1-3H3,(H,29,33)/t25-/m1/s1. The number of rotatable bonds is 10. The second-order valence-electron chi connectivity index (χ2n) is 8.35. The van der Waals surface area contributed by atoms with Crippen LogP contribution in [0.5, 0.6) is 0 Å². The normalized spacial score (nSPS) is 12.0. The van der Waals surface area contributed by atoms with Gasteiger partial charge in [0, 0.05) is 13.6 Å². The lowest BCUT2D eigenvalue weighted by molar-refractivity contribution is -0.140. The van der Waals surface area contributed by atoms with Crippen LogP contribution in [0.1, 0.15) is 24.5 Å². The Kier molecular flexibility index (Phi) is 8.82. The van der Waals surface area contributed by atoms with Crippen molar-refractivity contribution in [3.63, 3.8) is 0 Å². The molecule has 0 radical (unpaired) electrons.